The van der Waals surface area contributed by atoms with Crippen molar-refractivity contribution in [2.45, 2.75) is 38.1 Å². The van der Waals surface area contributed by atoms with Crippen LogP contribution in [0.15, 0.2) is 0 Å². The molecule has 0 spiro atoms. The van der Waals surface area contributed by atoms with E-state index in [0.29, 0.717) is 19.4 Å². The predicted molar refractivity (Wildman–Crippen MR) is 70.1 cm³/mol. The fourth-order valence-electron chi connectivity index (χ4n) is 1.31. The Hall–Kier alpha value is -0.750. The normalized spacial score (nSPS) is 12.1. The zero-order valence-electron chi connectivity index (χ0n) is 10.3. The predicted octanol–water partition coefficient (Wildman–Crippen LogP) is 0.828. The van der Waals surface area contributed by atoms with E-state index in [0.717, 1.165) is 25.0 Å². The number of carbonyl (C=O) groups excluding carboxylic acids is 1. The van der Waals surface area contributed by atoms with E-state index < -0.39 is 12.0 Å². The van der Waals surface area contributed by atoms with Crippen LogP contribution in [0.2, 0.25) is 0 Å². The van der Waals surface area contributed by atoms with Gasteiger partial charge in [-0.2, -0.15) is 11.8 Å². The molecule has 0 aliphatic rings. The van der Waals surface area contributed by atoms with Crippen LogP contribution in [-0.4, -0.2) is 41.6 Å². The molecular weight excluding hydrogens is 240 g/mol. The number of nitrogens with one attached hydrogen (secondary N) is 1. The van der Waals surface area contributed by atoms with Gasteiger partial charge in [-0.05, 0) is 37.7 Å². The summed E-state index contributed by atoms with van der Waals surface area (Å²) < 4.78 is 0. The van der Waals surface area contributed by atoms with Crippen molar-refractivity contribution >= 4 is 23.6 Å². The molecule has 6 heteroatoms. The molecular formula is C11H22N2O3S. The molecule has 17 heavy (non-hydrogen) atoms. The van der Waals surface area contributed by atoms with E-state index in [1.165, 1.54) is 0 Å². The van der Waals surface area contributed by atoms with Crippen LogP contribution in [0, 0.1) is 0 Å². The van der Waals surface area contributed by atoms with Gasteiger partial charge in [0, 0.05) is 13.0 Å². The molecule has 0 saturated heterocycles. The van der Waals surface area contributed by atoms with E-state index in [4.69, 9.17) is 10.8 Å². The third-order valence-electron chi connectivity index (χ3n) is 2.33. The minimum Gasteiger partial charge on any atom is -0.480 e. The summed E-state index contributed by atoms with van der Waals surface area (Å²) >= 11 is 1.73. The first kappa shape index (κ1) is 16.2. The number of carboxylic acids is 1. The summed E-state index contributed by atoms with van der Waals surface area (Å²) in [6, 6.07) is -0.785. The molecule has 0 aromatic heterocycles. The first-order valence-electron chi connectivity index (χ1n) is 5.82. The second-order valence-electron chi connectivity index (χ2n) is 3.89. The summed E-state index contributed by atoms with van der Waals surface area (Å²) in [5.74, 6) is 0.105. The van der Waals surface area contributed by atoms with Gasteiger partial charge in [0.1, 0.15) is 6.04 Å². The SMILES string of the molecule is CSCCCC(=O)NCCCCC(N)C(=O)O. The molecule has 0 aromatic rings. The fourth-order valence-corrected chi connectivity index (χ4v) is 1.74. The summed E-state index contributed by atoms with van der Waals surface area (Å²) in [7, 11) is 0. The summed E-state index contributed by atoms with van der Waals surface area (Å²) in [6.45, 7) is 0.602. The van der Waals surface area contributed by atoms with Crippen molar-refractivity contribution in [1.82, 2.24) is 5.32 Å². The Morgan fingerprint density at radius 3 is 2.65 bits per heavy atom. The largest absolute Gasteiger partial charge is 0.480 e. The molecule has 5 nitrogen and oxygen atoms in total. The number of amides is 1. The molecule has 0 aromatic carbocycles. The van der Waals surface area contributed by atoms with Gasteiger partial charge in [-0.25, -0.2) is 0 Å². The highest BCUT2D eigenvalue weighted by molar-refractivity contribution is 7.98. The van der Waals surface area contributed by atoms with Crippen molar-refractivity contribution in [3.05, 3.63) is 0 Å². The molecule has 0 fully saturated rings. The molecule has 1 amide bonds. The Balaban J connectivity index is 3.33. The number of unbranched alkanes of at least 4 members (excludes halogenated alkanes) is 1. The lowest BCUT2D eigenvalue weighted by Gasteiger charge is -2.07. The van der Waals surface area contributed by atoms with Crippen LogP contribution >= 0.6 is 11.8 Å². The van der Waals surface area contributed by atoms with Crippen molar-refractivity contribution in [1.29, 1.82) is 0 Å². The summed E-state index contributed by atoms with van der Waals surface area (Å²) in [4.78, 5) is 21.7. The Labute approximate surface area is 107 Å². The lowest BCUT2D eigenvalue weighted by Crippen LogP contribution is -2.30. The molecule has 0 heterocycles. The number of rotatable bonds is 10. The smallest absolute Gasteiger partial charge is 0.320 e. The van der Waals surface area contributed by atoms with Gasteiger partial charge >= 0.3 is 5.97 Å². The van der Waals surface area contributed by atoms with Gasteiger partial charge in [0.25, 0.3) is 0 Å². The van der Waals surface area contributed by atoms with Crippen molar-refractivity contribution in [3.63, 3.8) is 0 Å². The number of carbonyl (C=O) groups is 2. The maximum Gasteiger partial charge on any atom is 0.320 e. The van der Waals surface area contributed by atoms with E-state index in [-0.39, 0.29) is 5.91 Å². The van der Waals surface area contributed by atoms with E-state index in [2.05, 4.69) is 5.32 Å². The standard InChI is InChI=1S/C11H22N2O3S/c1-17-8-4-6-10(14)13-7-3-2-5-9(12)11(15)16/h9H,2-8,12H2,1H3,(H,13,14)(H,15,16). The average molecular weight is 262 g/mol. The van der Waals surface area contributed by atoms with Crippen molar-refractivity contribution in [2.24, 2.45) is 5.73 Å². The molecule has 0 radical (unpaired) electrons. The molecule has 0 saturated carbocycles. The minimum atomic E-state index is -0.967. The van der Waals surface area contributed by atoms with Crippen molar-refractivity contribution < 1.29 is 14.7 Å². The number of hydrogen-bond donors (Lipinski definition) is 3. The van der Waals surface area contributed by atoms with Gasteiger partial charge in [-0.15, -0.1) is 0 Å². The first-order chi connectivity index (χ1) is 8.07. The third kappa shape index (κ3) is 10.1. The Bertz CT molecular complexity index is 237. The third-order valence-corrected chi connectivity index (χ3v) is 3.03. The number of aliphatic carboxylic acids is 1. The molecule has 100 valence electrons. The highest BCUT2D eigenvalue weighted by atomic mass is 32.2. The number of nitrogens with two attached hydrogens (primary N) is 1. The van der Waals surface area contributed by atoms with Gasteiger partial charge in [0.2, 0.25) is 5.91 Å². The zero-order chi connectivity index (χ0) is 13.1. The van der Waals surface area contributed by atoms with Crippen LogP contribution in [0.1, 0.15) is 32.1 Å². The zero-order valence-corrected chi connectivity index (χ0v) is 11.1. The number of hydrogen-bond acceptors (Lipinski definition) is 4. The second-order valence-corrected chi connectivity index (χ2v) is 4.87. The molecule has 0 aliphatic carbocycles. The Morgan fingerprint density at radius 1 is 1.35 bits per heavy atom. The van der Waals surface area contributed by atoms with E-state index in [1.807, 2.05) is 6.26 Å². The van der Waals surface area contributed by atoms with E-state index >= 15 is 0 Å². The van der Waals surface area contributed by atoms with Gasteiger partial charge < -0.3 is 16.2 Å². The molecule has 1 unspecified atom stereocenters. The van der Waals surface area contributed by atoms with E-state index in [1.54, 1.807) is 11.8 Å². The van der Waals surface area contributed by atoms with Crippen LogP contribution < -0.4 is 11.1 Å². The van der Waals surface area contributed by atoms with Gasteiger partial charge in [-0.3, -0.25) is 9.59 Å². The monoisotopic (exact) mass is 262 g/mol. The van der Waals surface area contributed by atoms with Gasteiger partial charge in [-0.1, -0.05) is 0 Å². The molecule has 0 aliphatic heterocycles. The fraction of sp³-hybridized carbons (Fsp3) is 0.818. The quantitative estimate of drug-likeness (QED) is 0.507. The molecule has 0 rings (SSSR count). The average Bonchev–Trinajstić information content (AvgIpc) is 2.28. The van der Waals surface area contributed by atoms with Crippen LogP contribution in [0.4, 0.5) is 0 Å². The summed E-state index contributed by atoms with van der Waals surface area (Å²) in [5, 5.41) is 11.4. The number of carboxylic acid groups (broad SMARTS) is 1. The van der Waals surface area contributed by atoms with Crippen LogP contribution in [0.5, 0.6) is 0 Å². The van der Waals surface area contributed by atoms with Crippen LogP contribution in [0.25, 0.3) is 0 Å². The topological polar surface area (TPSA) is 92.4 Å². The van der Waals surface area contributed by atoms with Crippen molar-refractivity contribution in [3.8, 4) is 0 Å². The molecule has 4 N–H and O–H groups in total. The first-order valence-corrected chi connectivity index (χ1v) is 7.21. The lowest BCUT2D eigenvalue weighted by atomic mass is 10.1. The molecule has 1 atom stereocenters. The highest BCUT2D eigenvalue weighted by Gasteiger charge is 2.10. The van der Waals surface area contributed by atoms with Crippen molar-refractivity contribution in [2.75, 3.05) is 18.6 Å². The lowest BCUT2D eigenvalue weighted by molar-refractivity contribution is -0.138. The van der Waals surface area contributed by atoms with Gasteiger partial charge in [0.05, 0.1) is 0 Å². The molecule has 0 bridgehead atoms. The second kappa shape index (κ2) is 10.4. The number of thioether (sulfide) groups is 1. The highest BCUT2D eigenvalue weighted by Crippen LogP contribution is 2.00. The Morgan fingerprint density at radius 2 is 2.06 bits per heavy atom. The van der Waals surface area contributed by atoms with Crippen LogP contribution in [0.3, 0.4) is 0 Å². The van der Waals surface area contributed by atoms with Crippen LogP contribution in [-0.2, 0) is 9.59 Å². The maximum atomic E-state index is 11.3. The van der Waals surface area contributed by atoms with Gasteiger partial charge in [0.15, 0.2) is 0 Å². The summed E-state index contributed by atoms with van der Waals surface area (Å²) in [5.41, 5.74) is 5.35. The van der Waals surface area contributed by atoms with E-state index in [9.17, 15) is 9.59 Å². The summed E-state index contributed by atoms with van der Waals surface area (Å²) in [6.07, 6.45) is 5.43. The maximum absolute atomic E-state index is 11.3. The Kier molecular flexibility index (Phi) is 9.95. The minimum absolute atomic E-state index is 0.0709.